The van der Waals surface area contributed by atoms with E-state index in [0.717, 1.165) is 0 Å². The summed E-state index contributed by atoms with van der Waals surface area (Å²) in [7, 11) is 3.21. The van der Waals surface area contributed by atoms with Crippen LogP contribution in [0.1, 0.15) is 40.5 Å². The van der Waals surface area contributed by atoms with Crippen LogP contribution in [0.15, 0.2) is 36.7 Å². The highest BCUT2D eigenvalue weighted by Gasteiger charge is 2.42. The molecule has 47 heavy (non-hydrogen) atoms. The molecule has 1 aliphatic rings. The third kappa shape index (κ3) is 8.98. The third-order valence-corrected chi connectivity index (χ3v) is 8.10. The number of halogens is 3. The lowest BCUT2D eigenvalue weighted by Gasteiger charge is -2.36. The fourth-order valence-electron chi connectivity index (χ4n) is 5.10. The number of ether oxygens (including phenoxy) is 2. The van der Waals surface area contributed by atoms with Crippen molar-refractivity contribution in [2.75, 3.05) is 44.5 Å². The lowest BCUT2D eigenvalue weighted by molar-refractivity contribution is -0.143. The van der Waals surface area contributed by atoms with Gasteiger partial charge in [0.05, 0.1) is 34.6 Å². The summed E-state index contributed by atoms with van der Waals surface area (Å²) in [5.41, 5.74) is 0.280. The minimum absolute atomic E-state index is 0. The summed E-state index contributed by atoms with van der Waals surface area (Å²) < 4.78 is 25.8. The molecule has 15 heteroatoms. The Bertz CT molecular complexity index is 1590. The van der Waals surface area contributed by atoms with Crippen molar-refractivity contribution in [3.63, 3.8) is 0 Å². The van der Waals surface area contributed by atoms with Crippen molar-refractivity contribution < 1.29 is 28.2 Å². The van der Waals surface area contributed by atoms with Crippen LogP contribution >= 0.6 is 24.0 Å². The van der Waals surface area contributed by atoms with Crippen LogP contribution in [-0.4, -0.2) is 84.6 Å². The molecular weight excluding hydrogens is 652 g/mol. The number of anilines is 3. The molecule has 0 aliphatic carbocycles. The minimum atomic E-state index is -0.851. The van der Waals surface area contributed by atoms with Gasteiger partial charge in [-0.05, 0) is 50.4 Å². The smallest absolute Gasteiger partial charge is 0.247 e. The molecule has 0 bridgehead atoms. The van der Waals surface area contributed by atoms with Gasteiger partial charge in [0.2, 0.25) is 17.7 Å². The van der Waals surface area contributed by atoms with Crippen molar-refractivity contribution in [3.8, 4) is 5.75 Å². The number of amides is 3. The molecule has 3 unspecified atom stereocenters. The molecule has 1 saturated heterocycles. The van der Waals surface area contributed by atoms with E-state index in [1.165, 1.54) is 23.4 Å². The third-order valence-electron chi connectivity index (χ3n) is 7.81. The molecule has 12 nitrogen and oxygen atoms in total. The highest BCUT2D eigenvalue weighted by atomic mass is 35.5. The van der Waals surface area contributed by atoms with Crippen LogP contribution in [-0.2, 0) is 19.1 Å². The average Bonchev–Trinajstić information content (AvgIpc) is 3.52. The molecule has 3 aromatic rings. The Hall–Kier alpha value is -3.78. The van der Waals surface area contributed by atoms with E-state index in [0.29, 0.717) is 48.3 Å². The van der Waals surface area contributed by atoms with Crippen molar-refractivity contribution in [1.29, 1.82) is 0 Å². The standard InChI is InChI=1S/C32H41ClFN7O5.ClH/c1-18(35-5)29(42)40-27(32(2,3)4)31(44)41-12-8-11-24(41)30(43)39-23-15-19-22(16-25(23)46-14-13-45-6)36-17-37-28(19)38-21-10-7-9-20(33)26(21)34;/h7,9-10,15-18,24,27,35H,8,11-14H2,1-6H3,(H,39,43)(H,40,42)(H,36,37,38);1H. The van der Waals surface area contributed by atoms with Gasteiger partial charge in [-0.25, -0.2) is 14.4 Å². The largest absolute Gasteiger partial charge is 0.489 e. The number of fused-ring (bicyclic) bond motifs is 1. The van der Waals surface area contributed by atoms with Crippen LogP contribution in [0, 0.1) is 11.2 Å². The zero-order chi connectivity index (χ0) is 33.6. The number of nitrogens with one attached hydrogen (secondary N) is 4. The normalized spacial score (nSPS) is 15.8. The van der Waals surface area contributed by atoms with Gasteiger partial charge in [-0.2, -0.15) is 0 Å². The van der Waals surface area contributed by atoms with Crippen molar-refractivity contribution >= 4 is 69.8 Å². The van der Waals surface area contributed by atoms with Crippen LogP contribution in [0.25, 0.3) is 10.9 Å². The molecule has 1 aromatic heterocycles. The second-order valence-electron chi connectivity index (χ2n) is 12.2. The predicted molar refractivity (Wildman–Crippen MR) is 182 cm³/mol. The molecule has 2 heterocycles. The lowest BCUT2D eigenvalue weighted by Crippen LogP contribution is -2.59. The van der Waals surface area contributed by atoms with Gasteiger partial charge in [0, 0.05) is 25.1 Å². The van der Waals surface area contributed by atoms with Gasteiger partial charge in [0.1, 0.15) is 36.6 Å². The molecule has 0 saturated carbocycles. The van der Waals surface area contributed by atoms with Gasteiger partial charge >= 0.3 is 0 Å². The highest BCUT2D eigenvalue weighted by molar-refractivity contribution is 6.31. The number of carbonyl (C=O) groups excluding carboxylic acids is 3. The zero-order valence-electron chi connectivity index (χ0n) is 27.3. The summed E-state index contributed by atoms with van der Waals surface area (Å²) in [5, 5.41) is 12.1. The van der Waals surface area contributed by atoms with Gasteiger partial charge in [-0.15, -0.1) is 12.4 Å². The van der Waals surface area contributed by atoms with Crippen LogP contribution < -0.4 is 26.0 Å². The Morgan fingerprint density at radius 1 is 1.15 bits per heavy atom. The number of likely N-dealkylation sites (N-methyl/N-ethyl adjacent to an activating group) is 1. The van der Waals surface area contributed by atoms with Gasteiger partial charge in [0.25, 0.3) is 0 Å². The van der Waals surface area contributed by atoms with E-state index in [-0.39, 0.29) is 47.4 Å². The number of hydrogen-bond acceptors (Lipinski definition) is 9. The molecular formula is C32H42Cl2FN7O5. The fraction of sp³-hybridized carbons (Fsp3) is 0.469. The summed E-state index contributed by atoms with van der Waals surface area (Å²) >= 11 is 5.97. The molecule has 1 aliphatic heterocycles. The molecule has 256 valence electrons. The number of methoxy groups -OCH3 is 1. The molecule has 0 radical (unpaired) electrons. The molecule has 4 rings (SSSR count). The number of rotatable bonds is 12. The number of carbonyl (C=O) groups is 3. The first-order valence-electron chi connectivity index (χ1n) is 15.1. The number of likely N-dealkylation sites (tertiary alicyclic amines) is 1. The monoisotopic (exact) mass is 693 g/mol. The Morgan fingerprint density at radius 3 is 2.57 bits per heavy atom. The topological polar surface area (TPSA) is 147 Å². The van der Waals surface area contributed by atoms with Gasteiger partial charge < -0.3 is 35.6 Å². The van der Waals surface area contributed by atoms with E-state index in [9.17, 15) is 18.8 Å². The Kier molecular flexibility index (Phi) is 13.1. The van der Waals surface area contributed by atoms with E-state index in [1.807, 2.05) is 20.8 Å². The maximum atomic E-state index is 14.7. The van der Waals surface area contributed by atoms with Crippen LogP contribution in [0.4, 0.5) is 21.6 Å². The van der Waals surface area contributed by atoms with Crippen LogP contribution in [0.2, 0.25) is 5.02 Å². The van der Waals surface area contributed by atoms with E-state index in [2.05, 4.69) is 31.2 Å². The van der Waals surface area contributed by atoms with Crippen molar-refractivity contribution in [2.45, 2.75) is 58.7 Å². The fourth-order valence-corrected chi connectivity index (χ4v) is 5.27. The van der Waals surface area contributed by atoms with Crippen molar-refractivity contribution in [3.05, 3.63) is 47.5 Å². The van der Waals surface area contributed by atoms with Crippen LogP contribution in [0.5, 0.6) is 5.75 Å². The average molecular weight is 695 g/mol. The second kappa shape index (κ2) is 16.4. The maximum Gasteiger partial charge on any atom is 0.247 e. The summed E-state index contributed by atoms with van der Waals surface area (Å²) in [5.74, 6) is -1.10. The first-order valence-corrected chi connectivity index (χ1v) is 15.4. The predicted octanol–water partition coefficient (Wildman–Crippen LogP) is 4.68. The summed E-state index contributed by atoms with van der Waals surface area (Å²) in [6, 6.07) is 5.72. The molecule has 2 aromatic carbocycles. The Labute approximate surface area is 284 Å². The highest BCUT2D eigenvalue weighted by Crippen LogP contribution is 2.35. The second-order valence-corrected chi connectivity index (χ2v) is 12.6. The summed E-state index contributed by atoms with van der Waals surface area (Å²) in [6.45, 7) is 8.17. The van der Waals surface area contributed by atoms with Gasteiger partial charge in [-0.1, -0.05) is 38.4 Å². The quantitative estimate of drug-likeness (QED) is 0.199. The van der Waals surface area contributed by atoms with Gasteiger partial charge in [-0.3, -0.25) is 14.4 Å². The maximum absolute atomic E-state index is 14.7. The first kappa shape index (κ1) is 37.7. The molecule has 3 amide bonds. The van der Waals surface area contributed by atoms with Crippen LogP contribution in [0.3, 0.4) is 0 Å². The van der Waals surface area contributed by atoms with E-state index in [4.69, 9.17) is 21.1 Å². The zero-order valence-corrected chi connectivity index (χ0v) is 28.9. The molecule has 1 fully saturated rings. The molecule has 4 N–H and O–H groups in total. The SMILES string of the molecule is CNC(C)C(=O)NC(C(=O)N1CCCC1C(=O)Nc1cc2c(Nc3cccc(Cl)c3F)ncnc2cc1OCCOC)C(C)(C)C.Cl. The Morgan fingerprint density at radius 2 is 1.89 bits per heavy atom. The summed E-state index contributed by atoms with van der Waals surface area (Å²) in [6.07, 6.45) is 2.38. The van der Waals surface area contributed by atoms with Gasteiger partial charge in [0.15, 0.2) is 5.82 Å². The van der Waals surface area contributed by atoms with Crippen molar-refractivity contribution in [2.24, 2.45) is 5.41 Å². The number of nitrogens with zero attached hydrogens (tertiary/aromatic N) is 3. The molecule has 3 atom stereocenters. The minimum Gasteiger partial charge on any atom is -0.489 e. The number of hydrogen-bond donors (Lipinski definition) is 4. The Balaban J connectivity index is 0.00000600. The van der Waals surface area contributed by atoms with E-state index in [1.54, 1.807) is 39.3 Å². The van der Waals surface area contributed by atoms with Crippen molar-refractivity contribution in [1.82, 2.24) is 25.5 Å². The first-order chi connectivity index (χ1) is 21.8. The van der Waals surface area contributed by atoms with E-state index < -0.39 is 35.3 Å². The summed E-state index contributed by atoms with van der Waals surface area (Å²) in [4.78, 5) is 50.7. The number of aromatic nitrogens is 2. The van der Waals surface area contributed by atoms with E-state index >= 15 is 0 Å². The lowest BCUT2D eigenvalue weighted by atomic mass is 9.85. The number of benzene rings is 2. The molecule has 0 spiro atoms.